The van der Waals surface area contributed by atoms with Crippen molar-refractivity contribution in [2.75, 3.05) is 19.0 Å². The van der Waals surface area contributed by atoms with Gasteiger partial charge in [0.1, 0.15) is 5.75 Å². The number of carbonyl (C=O) groups is 2. The van der Waals surface area contributed by atoms with Crippen molar-refractivity contribution in [1.82, 2.24) is 20.4 Å². The van der Waals surface area contributed by atoms with Crippen LogP contribution in [0.15, 0.2) is 24.3 Å². The zero-order valence-corrected chi connectivity index (χ0v) is 15.8. The van der Waals surface area contributed by atoms with Crippen molar-refractivity contribution in [2.24, 2.45) is 0 Å². The Morgan fingerprint density at radius 2 is 2.30 bits per heavy atom. The highest BCUT2D eigenvalue weighted by Gasteiger charge is 2.32. The molecule has 0 saturated heterocycles. The second-order valence-electron chi connectivity index (χ2n) is 6.47. The molecule has 0 radical (unpaired) electrons. The fraction of sp³-hybridized carbons (Fsp3) is 0.389. The van der Waals surface area contributed by atoms with Crippen molar-refractivity contribution in [1.29, 1.82) is 0 Å². The number of hydrogen-bond acceptors (Lipinski definition) is 5. The van der Waals surface area contributed by atoms with E-state index in [4.69, 9.17) is 4.74 Å². The third-order valence-electron chi connectivity index (χ3n) is 4.79. The van der Waals surface area contributed by atoms with Crippen LogP contribution in [0.4, 0.5) is 5.69 Å². The van der Waals surface area contributed by atoms with E-state index < -0.39 is 5.92 Å². The van der Waals surface area contributed by atoms with Crippen LogP contribution in [-0.4, -0.2) is 35.2 Å². The first kappa shape index (κ1) is 19.2. The van der Waals surface area contributed by atoms with Gasteiger partial charge in [-0.15, -0.1) is 12.4 Å². The summed E-state index contributed by atoms with van der Waals surface area (Å²) < 4.78 is 7.26. The van der Waals surface area contributed by atoms with E-state index >= 15 is 0 Å². The van der Waals surface area contributed by atoms with Gasteiger partial charge in [-0.05, 0) is 17.7 Å². The molecule has 1 aromatic heterocycles. The van der Waals surface area contributed by atoms with Crippen molar-refractivity contribution in [2.45, 2.75) is 32.0 Å². The Balaban J connectivity index is 0.00000210. The number of nitrogens with zero attached hydrogens (tertiary/aromatic N) is 2. The predicted molar refractivity (Wildman–Crippen MR) is 102 cm³/mol. The van der Waals surface area contributed by atoms with Gasteiger partial charge in [-0.25, -0.2) is 0 Å². The fourth-order valence-electron chi connectivity index (χ4n) is 3.50. The molecule has 144 valence electrons. The number of halogens is 1. The molecule has 2 aliphatic heterocycles. The summed E-state index contributed by atoms with van der Waals surface area (Å²) in [6.45, 7) is 2.86. The molecule has 27 heavy (non-hydrogen) atoms. The Bertz CT molecular complexity index is 843. The molecule has 2 amide bonds. The summed E-state index contributed by atoms with van der Waals surface area (Å²) in [6, 6.07) is 7.44. The molecular formula is C18H22ClN5O3. The van der Waals surface area contributed by atoms with E-state index in [2.05, 4.69) is 21.0 Å². The lowest BCUT2D eigenvalue weighted by atomic mass is 9.89. The first-order valence-electron chi connectivity index (χ1n) is 8.66. The molecule has 0 fully saturated rings. The lowest BCUT2D eigenvalue weighted by Gasteiger charge is -2.26. The molecule has 3 N–H and O–H groups in total. The molecule has 2 aliphatic rings. The lowest BCUT2D eigenvalue weighted by molar-refractivity contribution is -0.126. The van der Waals surface area contributed by atoms with E-state index in [1.54, 1.807) is 13.2 Å². The number of aromatic nitrogens is 2. The van der Waals surface area contributed by atoms with Gasteiger partial charge in [-0.1, -0.05) is 12.1 Å². The molecule has 1 aromatic carbocycles. The number of benzene rings is 1. The number of hydrogen-bond donors (Lipinski definition) is 3. The molecule has 0 spiro atoms. The van der Waals surface area contributed by atoms with Crippen LogP contribution in [0.3, 0.4) is 0 Å². The lowest BCUT2D eigenvalue weighted by Crippen LogP contribution is -2.35. The second kappa shape index (κ2) is 7.98. The normalized spacial score (nSPS) is 17.8. The Hall–Kier alpha value is -2.58. The molecule has 4 rings (SSSR count). The number of rotatable bonds is 4. The van der Waals surface area contributed by atoms with Crippen LogP contribution in [0.1, 0.15) is 29.3 Å². The molecule has 1 unspecified atom stereocenters. The van der Waals surface area contributed by atoms with Gasteiger partial charge >= 0.3 is 0 Å². The number of ether oxygens (including phenoxy) is 1. The van der Waals surface area contributed by atoms with Crippen LogP contribution < -0.4 is 20.7 Å². The Labute approximate surface area is 163 Å². The third kappa shape index (κ3) is 3.77. The van der Waals surface area contributed by atoms with Gasteiger partial charge in [0, 0.05) is 19.5 Å². The largest absolute Gasteiger partial charge is 0.495 e. The summed E-state index contributed by atoms with van der Waals surface area (Å²) in [5.41, 5.74) is 3.29. The summed E-state index contributed by atoms with van der Waals surface area (Å²) in [4.78, 5) is 24.8. The number of carbonyl (C=O) groups excluding carboxylic acids is 2. The summed E-state index contributed by atoms with van der Waals surface area (Å²) in [5, 5.41) is 13.5. The molecule has 0 aliphatic carbocycles. The molecule has 3 heterocycles. The average molecular weight is 392 g/mol. The highest BCUT2D eigenvalue weighted by Crippen LogP contribution is 2.38. The van der Waals surface area contributed by atoms with Crippen molar-refractivity contribution < 1.29 is 14.3 Å². The average Bonchev–Trinajstić information content (AvgIpc) is 3.08. The van der Waals surface area contributed by atoms with Crippen LogP contribution >= 0.6 is 12.4 Å². The molecule has 0 saturated carbocycles. The summed E-state index contributed by atoms with van der Waals surface area (Å²) in [7, 11) is 1.54. The van der Waals surface area contributed by atoms with Crippen molar-refractivity contribution >= 4 is 29.9 Å². The minimum absolute atomic E-state index is 0. The molecule has 9 heteroatoms. The highest BCUT2D eigenvalue weighted by atomic mass is 35.5. The van der Waals surface area contributed by atoms with E-state index in [-0.39, 0.29) is 30.6 Å². The topological polar surface area (TPSA) is 97.3 Å². The molecule has 1 atom stereocenters. The number of fused-ring (bicyclic) bond motifs is 2. The van der Waals surface area contributed by atoms with E-state index in [9.17, 15) is 9.59 Å². The minimum Gasteiger partial charge on any atom is -0.495 e. The maximum absolute atomic E-state index is 12.7. The standard InChI is InChI=1S/C18H21N5O3.ClH/c1-26-15-4-2-3-13-14(8-16(24)21-17(13)15)18(25)20-9-11-7-12-10-19-5-6-23(12)22-11;/h2-4,7,14,19H,5-6,8-10H2,1H3,(H,20,25)(H,21,24);1H. The van der Waals surface area contributed by atoms with Crippen LogP contribution in [-0.2, 0) is 29.2 Å². The summed E-state index contributed by atoms with van der Waals surface area (Å²) >= 11 is 0. The number of methoxy groups -OCH3 is 1. The SMILES string of the molecule is COc1cccc2c1NC(=O)CC2C(=O)NCc1cc2n(n1)CCNC2.Cl. The first-order valence-corrected chi connectivity index (χ1v) is 8.66. The first-order chi connectivity index (χ1) is 12.7. The van der Waals surface area contributed by atoms with Crippen LogP contribution in [0.25, 0.3) is 0 Å². The predicted octanol–water partition coefficient (Wildman–Crippen LogP) is 1.16. The van der Waals surface area contributed by atoms with Crippen LogP contribution in [0.2, 0.25) is 0 Å². The number of nitrogens with one attached hydrogen (secondary N) is 3. The van der Waals surface area contributed by atoms with Crippen molar-refractivity contribution in [3.05, 3.63) is 41.2 Å². The van der Waals surface area contributed by atoms with E-state index in [0.29, 0.717) is 18.0 Å². The number of amides is 2. The van der Waals surface area contributed by atoms with E-state index in [0.717, 1.165) is 36.6 Å². The molecule has 0 bridgehead atoms. The molecule has 8 nitrogen and oxygen atoms in total. The van der Waals surface area contributed by atoms with E-state index in [1.807, 2.05) is 22.9 Å². The van der Waals surface area contributed by atoms with Crippen LogP contribution in [0.5, 0.6) is 5.75 Å². The minimum atomic E-state index is -0.534. The van der Waals surface area contributed by atoms with Gasteiger partial charge in [0.25, 0.3) is 0 Å². The van der Waals surface area contributed by atoms with Crippen molar-refractivity contribution in [3.63, 3.8) is 0 Å². The fourth-order valence-corrected chi connectivity index (χ4v) is 3.50. The monoisotopic (exact) mass is 391 g/mol. The Morgan fingerprint density at radius 3 is 3.07 bits per heavy atom. The highest BCUT2D eigenvalue weighted by molar-refractivity contribution is 6.02. The number of para-hydroxylation sites is 1. The number of anilines is 1. The van der Waals surface area contributed by atoms with Gasteiger partial charge in [0.15, 0.2) is 0 Å². The maximum Gasteiger partial charge on any atom is 0.228 e. The van der Waals surface area contributed by atoms with Gasteiger partial charge in [-0.3, -0.25) is 14.3 Å². The second-order valence-corrected chi connectivity index (χ2v) is 6.47. The smallest absolute Gasteiger partial charge is 0.228 e. The Kier molecular flexibility index (Phi) is 5.67. The Morgan fingerprint density at radius 1 is 1.44 bits per heavy atom. The molecule has 2 aromatic rings. The van der Waals surface area contributed by atoms with Gasteiger partial charge < -0.3 is 20.7 Å². The quantitative estimate of drug-likeness (QED) is 0.726. The van der Waals surface area contributed by atoms with Crippen LogP contribution in [0, 0.1) is 0 Å². The maximum atomic E-state index is 12.7. The summed E-state index contributed by atoms with van der Waals surface area (Å²) in [6.07, 6.45) is 0.121. The van der Waals surface area contributed by atoms with E-state index in [1.165, 1.54) is 0 Å². The van der Waals surface area contributed by atoms with Gasteiger partial charge in [0.2, 0.25) is 11.8 Å². The van der Waals surface area contributed by atoms with Gasteiger partial charge in [0.05, 0.1) is 43.2 Å². The zero-order chi connectivity index (χ0) is 18.1. The third-order valence-corrected chi connectivity index (χ3v) is 4.79. The van der Waals surface area contributed by atoms with Crippen molar-refractivity contribution in [3.8, 4) is 5.75 Å². The summed E-state index contributed by atoms with van der Waals surface area (Å²) in [5.74, 6) is -0.348. The van der Waals surface area contributed by atoms with Gasteiger partial charge in [-0.2, -0.15) is 5.10 Å². The zero-order valence-electron chi connectivity index (χ0n) is 14.9. The molecular weight excluding hydrogens is 370 g/mol.